The number of rotatable bonds is 22. The molecule has 2 aliphatic heterocycles. The fourth-order valence-corrected chi connectivity index (χ4v) is 9.04. The van der Waals surface area contributed by atoms with Crippen LogP contribution in [-0.4, -0.2) is 124 Å². The highest BCUT2D eigenvalue weighted by atomic mass is 16.6. The van der Waals surface area contributed by atoms with Gasteiger partial charge >= 0.3 is 17.9 Å². The summed E-state index contributed by atoms with van der Waals surface area (Å²) in [6.45, 7) is 12.3. The molecule has 0 saturated carbocycles. The Morgan fingerprint density at radius 1 is 0.923 bits per heavy atom. The molecule has 0 spiro atoms. The highest BCUT2D eigenvalue weighted by Crippen LogP contribution is 2.47. The Morgan fingerprint density at radius 3 is 2.00 bits per heavy atom. The third-order valence-corrected chi connectivity index (χ3v) is 13.3. The van der Waals surface area contributed by atoms with E-state index in [1.807, 2.05) is 13.0 Å². The molecule has 2 rings (SSSR count). The zero-order valence-electron chi connectivity index (χ0n) is 40.9. The third kappa shape index (κ3) is 17.0. The number of esters is 3. The van der Waals surface area contributed by atoms with Gasteiger partial charge in [0, 0.05) is 44.6 Å². The topological polar surface area (TPSA) is 233 Å². The van der Waals surface area contributed by atoms with Crippen molar-refractivity contribution >= 4 is 35.3 Å². The van der Waals surface area contributed by atoms with E-state index in [0.29, 0.717) is 6.42 Å². The van der Waals surface area contributed by atoms with Crippen LogP contribution in [0.2, 0.25) is 0 Å². The summed E-state index contributed by atoms with van der Waals surface area (Å²) in [5, 5.41) is 47.2. The van der Waals surface area contributed by atoms with Crippen molar-refractivity contribution in [1.82, 2.24) is 0 Å². The van der Waals surface area contributed by atoms with Crippen LogP contribution in [0, 0.1) is 29.6 Å². The monoisotopic (exact) mass is 923 g/mol. The number of aliphatic hydroxyl groups is 4. The van der Waals surface area contributed by atoms with E-state index in [9.17, 15) is 49.2 Å². The van der Waals surface area contributed by atoms with Crippen LogP contribution >= 0.6 is 0 Å². The average Bonchev–Trinajstić information content (AvgIpc) is 3.97. The van der Waals surface area contributed by atoms with Crippen LogP contribution in [0.3, 0.4) is 0 Å². The van der Waals surface area contributed by atoms with Gasteiger partial charge in [0.1, 0.15) is 48.7 Å². The van der Waals surface area contributed by atoms with Crippen molar-refractivity contribution < 1.29 is 72.9 Å². The number of methoxy groups -OCH3 is 1. The summed E-state index contributed by atoms with van der Waals surface area (Å²) < 4.78 is 27.8. The van der Waals surface area contributed by atoms with Crippen LogP contribution in [-0.2, 0) is 52.5 Å². The summed E-state index contributed by atoms with van der Waals surface area (Å²) in [6.07, 6.45) is 9.00. The first-order valence-corrected chi connectivity index (χ1v) is 24.0. The van der Waals surface area contributed by atoms with Gasteiger partial charge in [0.15, 0.2) is 17.5 Å². The first kappa shape index (κ1) is 57.8. The van der Waals surface area contributed by atoms with Gasteiger partial charge in [0.25, 0.3) is 0 Å². The number of hydrogen-bond acceptors (Lipinski definition) is 15. The SMILES string of the molecule is CC=CC(C)C1OC1(C)C(O)C1COC(=O)C(O)C(OC)C(C)C(=O)C(C)C(OC(C)=O)C(C)=CC(C)C(=O)CC(O)C(O)(COC(=O)CCCCCCCCCCCCCCC)C1=O. The molecule has 1 saturated heterocycles. The molecule has 13 atom stereocenters. The largest absolute Gasteiger partial charge is 0.463 e. The van der Waals surface area contributed by atoms with Crippen LogP contribution in [0.4, 0.5) is 0 Å². The lowest BCUT2D eigenvalue weighted by Crippen LogP contribution is -2.60. The third-order valence-electron chi connectivity index (χ3n) is 13.3. The number of unbranched alkanes of at least 4 members (excludes halogenated alkanes) is 12. The number of hydrogen-bond donors (Lipinski definition) is 4. The number of aliphatic hydroxyl groups excluding tert-OH is 3. The van der Waals surface area contributed by atoms with E-state index in [2.05, 4.69) is 6.92 Å². The van der Waals surface area contributed by atoms with Crippen LogP contribution in [0.15, 0.2) is 23.8 Å². The van der Waals surface area contributed by atoms with Crippen molar-refractivity contribution in [2.45, 2.75) is 206 Å². The number of carbonyl (C=O) groups is 6. The minimum Gasteiger partial charge on any atom is -0.463 e. The number of cyclic esters (lactones) is 1. The van der Waals surface area contributed by atoms with Crippen molar-refractivity contribution in [3.63, 3.8) is 0 Å². The van der Waals surface area contributed by atoms with E-state index in [0.717, 1.165) is 32.6 Å². The number of ketones is 3. The van der Waals surface area contributed by atoms with E-state index >= 15 is 0 Å². The summed E-state index contributed by atoms with van der Waals surface area (Å²) in [5.41, 5.74) is -4.17. The van der Waals surface area contributed by atoms with Gasteiger partial charge < -0.3 is 44.1 Å². The van der Waals surface area contributed by atoms with Gasteiger partial charge in [-0.3, -0.25) is 24.0 Å². The Labute approximate surface area is 387 Å². The molecule has 0 radical (unpaired) electrons. The summed E-state index contributed by atoms with van der Waals surface area (Å²) in [7, 11) is 1.17. The smallest absolute Gasteiger partial charge is 0.337 e. The Hall–Kier alpha value is -3.34. The lowest BCUT2D eigenvalue weighted by Gasteiger charge is -2.36. The maximum absolute atomic E-state index is 14.8. The maximum atomic E-state index is 14.8. The number of Topliss-reactive ketones (excluding diaryl/α,β-unsaturated/α-hetero) is 3. The molecule has 372 valence electrons. The van der Waals surface area contributed by atoms with Gasteiger partial charge in [-0.1, -0.05) is 130 Å². The van der Waals surface area contributed by atoms with Gasteiger partial charge in [0.2, 0.25) is 0 Å². The Kier molecular flexibility index (Phi) is 25.0. The second-order valence-corrected chi connectivity index (χ2v) is 18.8. The molecule has 0 bridgehead atoms. The van der Waals surface area contributed by atoms with Crippen LogP contribution in [0.25, 0.3) is 0 Å². The Balaban J connectivity index is 2.47. The van der Waals surface area contributed by atoms with Gasteiger partial charge in [-0.15, -0.1) is 0 Å². The normalized spacial score (nSPS) is 32.0. The summed E-state index contributed by atoms with van der Waals surface area (Å²) >= 11 is 0. The van der Waals surface area contributed by atoms with Crippen molar-refractivity contribution in [3.05, 3.63) is 23.8 Å². The lowest BCUT2D eigenvalue weighted by atomic mass is 9.76. The second-order valence-electron chi connectivity index (χ2n) is 18.8. The maximum Gasteiger partial charge on any atom is 0.337 e. The predicted octanol–water partition coefficient (Wildman–Crippen LogP) is 6.27. The number of allylic oxidation sites excluding steroid dienone is 2. The molecule has 65 heavy (non-hydrogen) atoms. The van der Waals surface area contributed by atoms with Gasteiger partial charge in [-0.25, -0.2) is 4.79 Å². The van der Waals surface area contributed by atoms with Crippen LogP contribution < -0.4 is 0 Å². The first-order valence-electron chi connectivity index (χ1n) is 24.0. The second kappa shape index (κ2) is 28.1. The Morgan fingerprint density at radius 2 is 1.48 bits per heavy atom. The minimum absolute atomic E-state index is 0.0420. The molecule has 13 unspecified atom stereocenters. The molecule has 0 amide bonds. The molecule has 0 aromatic carbocycles. The molecular weight excluding hydrogens is 841 g/mol. The van der Waals surface area contributed by atoms with Crippen molar-refractivity contribution in [2.24, 2.45) is 29.6 Å². The summed E-state index contributed by atoms with van der Waals surface area (Å²) in [4.78, 5) is 81.3. The van der Waals surface area contributed by atoms with Crippen LogP contribution in [0.1, 0.15) is 159 Å². The highest BCUT2D eigenvalue weighted by Gasteiger charge is 2.63. The first-order chi connectivity index (χ1) is 30.6. The van der Waals surface area contributed by atoms with E-state index in [1.54, 1.807) is 13.0 Å². The summed E-state index contributed by atoms with van der Waals surface area (Å²) in [6, 6.07) is 0. The van der Waals surface area contributed by atoms with Crippen molar-refractivity contribution in [2.75, 3.05) is 20.3 Å². The average molecular weight is 923 g/mol. The molecule has 0 aliphatic carbocycles. The molecule has 4 N–H and O–H groups in total. The quantitative estimate of drug-likeness (QED) is 0.0308. The minimum atomic E-state index is -3.03. The van der Waals surface area contributed by atoms with Crippen LogP contribution in [0.5, 0.6) is 0 Å². The van der Waals surface area contributed by atoms with Gasteiger partial charge in [0.05, 0.1) is 24.0 Å². The number of carbonyl (C=O) groups excluding carboxylic acids is 6. The fraction of sp³-hybridized carbons (Fsp3) is 0.800. The molecular formula is C50H82O15. The molecule has 0 aromatic rings. The zero-order valence-corrected chi connectivity index (χ0v) is 40.9. The van der Waals surface area contributed by atoms with E-state index in [4.69, 9.17) is 23.7 Å². The van der Waals surface area contributed by atoms with E-state index < -0.39 is 126 Å². The summed E-state index contributed by atoms with van der Waals surface area (Å²) in [5.74, 6) is -10.8. The van der Waals surface area contributed by atoms with Gasteiger partial charge in [-0.05, 0) is 32.8 Å². The highest BCUT2D eigenvalue weighted by molar-refractivity contribution is 5.93. The number of epoxide rings is 1. The molecule has 2 heterocycles. The number of ether oxygens (including phenoxy) is 5. The van der Waals surface area contributed by atoms with E-state index in [1.165, 1.54) is 99.2 Å². The zero-order chi connectivity index (χ0) is 49.1. The van der Waals surface area contributed by atoms with Crippen molar-refractivity contribution in [3.8, 4) is 0 Å². The Bertz CT molecular complexity index is 1610. The predicted molar refractivity (Wildman–Crippen MR) is 243 cm³/mol. The lowest BCUT2D eigenvalue weighted by molar-refractivity contribution is -0.181. The van der Waals surface area contributed by atoms with Crippen molar-refractivity contribution in [1.29, 1.82) is 0 Å². The van der Waals surface area contributed by atoms with Gasteiger partial charge in [-0.2, -0.15) is 0 Å². The molecule has 15 nitrogen and oxygen atoms in total. The molecule has 15 heteroatoms. The molecule has 0 aromatic heterocycles. The molecule has 2 aliphatic rings. The fourth-order valence-electron chi connectivity index (χ4n) is 9.04. The standard InChI is InChI=1S/C50H82O15/c1-11-13-14-15-16-17-18-19-20-21-22-23-24-26-40(54)63-30-50(60)39(53)28-38(52)32(4)27-33(5)43(64-36(8)51)34(6)41(55)35(7)44(61-10)42(56)48(59)62-29-37(46(50)58)45(57)49(9)47(65-49)31(3)25-12-2/h12,25,27,31-32,34-35,37,39,42-45,47,53,56-57,60H,11,13-24,26,28-30H2,1-10H3. The molecule has 1 fully saturated rings. The van der Waals surface area contributed by atoms with E-state index in [-0.39, 0.29) is 17.9 Å².